The van der Waals surface area contributed by atoms with Crippen LogP contribution < -0.4 is 16.1 Å². The molecule has 8 heteroatoms. The predicted octanol–water partition coefficient (Wildman–Crippen LogP) is 4.80. The van der Waals surface area contributed by atoms with Crippen molar-refractivity contribution < 1.29 is 19.1 Å². The number of carbonyl (C=O) groups excluding carboxylic acids is 1. The van der Waals surface area contributed by atoms with Crippen LogP contribution in [0.15, 0.2) is 23.1 Å². The molecule has 0 bridgehead atoms. The van der Waals surface area contributed by atoms with Crippen LogP contribution in [0.2, 0.25) is 0 Å². The second-order valence-corrected chi connectivity index (χ2v) is 8.99. The lowest BCUT2D eigenvalue weighted by molar-refractivity contribution is -0.138. The maximum atomic E-state index is 15.0. The van der Waals surface area contributed by atoms with Crippen molar-refractivity contribution in [1.29, 1.82) is 0 Å². The Morgan fingerprint density at radius 2 is 1.69 bits per heavy atom. The minimum absolute atomic E-state index is 0.0622. The number of carboxylic acid groups (broad SMARTS) is 1. The van der Waals surface area contributed by atoms with Crippen LogP contribution in [-0.4, -0.2) is 27.6 Å². The topological polar surface area (TPSA) is 100 Å². The Hall–Kier alpha value is -2.90. The zero-order chi connectivity index (χ0) is 22.7. The highest BCUT2D eigenvalue weighted by Crippen LogP contribution is 2.34. The minimum atomic E-state index is -1.08. The lowest BCUT2D eigenvalue weighted by Crippen LogP contribution is -2.24. The van der Waals surface area contributed by atoms with Gasteiger partial charge in [-0.1, -0.05) is 32.1 Å². The fraction of sp³-hybridized carbons (Fsp3) is 0.542. The van der Waals surface area contributed by atoms with Gasteiger partial charge in [0.2, 0.25) is 11.3 Å². The quantitative estimate of drug-likeness (QED) is 0.571. The van der Waals surface area contributed by atoms with Gasteiger partial charge < -0.3 is 20.3 Å². The van der Waals surface area contributed by atoms with Crippen LogP contribution in [0, 0.1) is 5.82 Å². The zero-order valence-electron chi connectivity index (χ0n) is 18.2. The van der Waals surface area contributed by atoms with Crippen LogP contribution in [0.3, 0.4) is 0 Å². The lowest BCUT2D eigenvalue weighted by Gasteiger charge is -2.25. The number of hydrogen-bond acceptors (Lipinski definition) is 4. The average molecular weight is 444 g/mol. The molecule has 0 unspecified atom stereocenters. The van der Waals surface area contributed by atoms with Crippen LogP contribution in [-0.2, 0) is 9.59 Å². The summed E-state index contributed by atoms with van der Waals surface area (Å²) in [5.41, 5.74) is 0.673. The van der Waals surface area contributed by atoms with Crippen LogP contribution in [0.4, 0.5) is 15.8 Å². The van der Waals surface area contributed by atoms with Gasteiger partial charge in [0, 0.05) is 24.7 Å². The van der Waals surface area contributed by atoms with E-state index in [0.29, 0.717) is 11.2 Å². The van der Waals surface area contributed by atoms with Gasteiger partial charge in [-0.05, 0) is 37.8 Å². The third-order valence-electron chi connectivity index (χ3n) is 6.64. The number of fused-ring (bicyclic) bond motifs is 1. The number of benzene rings is 1. The lowest BCUT2D eigenvalue weighted by atomic mass is 9.95. The van der Waals surface area contributed by atoms with Gasteiger partial charge in [0.05, 0.1) is 23.0 Å². The summed E-state index contributed by atoms with van der Waals surface area (Å²) in [5, 5.41) is 14.9. The number of hydrogen-bond donors (Lipinski definition) is 3. The van der Waals surface area contributed by atoms with E-state index in [4.69, 9.17) is 5.11 Å². The number of aliphatic carboxylic acids is 1. The van der Waals surface area contributed by atoms with E-state index in [1.165, 1.54) is 12.5 Å². The molecule has 32 heavy (non-hydrogen) atoms. The summed E-state index contributed by atoms with van der Waals surface area (Å²) in [6.45, 7) is 0. The van der Waals surface area contributed by atoms with E-state index in [2.05, 4.69) is 10.6 Å². The van der Waals surface area contributed by atoms with Crippen molar-refractivity contribution in [2.75, 3.05) is 10.6 Å². The fourth-order valence-electron chi connectivity index (χ4n) is 4.95. The van der Waals surface area contributed by atoms with Crippen molar-refractivity contribution in [3.63, 3.8) is 0 Å². The molecule has 2 aliphatic carbocycles. The summed E-state index contributed by atoms with van der Waals surface area (Å²) < 4.78 is 17.0. The van der Waals surface area contributed by atoms with Crippen LogP contribution in [0.1, 0.15) is 76.7 Å². The first-order chi connectivity index (χ1) is 15.4. The van der Waals surface area contributed by atoms with E-state index in [-0.39, 0.29) is 36.0 Å². The second-order valence-electron chi connectivity index (χ2n) is 8.99. The van der Waals surface area contributed by atoms with Crippen molar-refractivity contribution in [2.24, 2.45) is 0 Å². The number of aromatic nitrogens is 1. The highest BCUT2D eigenvalue weighted by atomic mass is 19.1. The Labute approximate surface area is 186 Å². The molecule has 0 atom stereocenters. The first kappa shape index (κ1) is 22.3. The molecule has 4 rings (SSSR count). The van der Waals surface area contributed by atoms with Gasteiger partial charge in [0.25, 0.3) is 0 Å². The molecule has 2 aromatic rings. The number of carbonyl (C=O) groups is 2. The maximum absolute atomic E-state index is 15.0. The molecule has 2 aliphatic rings. The number of nitrogens with zero attached hydrogens (tertiary/aromatic N) is 1. The largest absolute Gasteiger partial charge is 0.481 e. The number of nitrogens with one attached hydrogen (secondary N) is 2. The molecule has 1 aromatic heterocycles. The summed E-state index contributed by atoms with van der Waals surface area (Å²) in [7, 11) is 0. The smallest absolute Gasteiger partial charge is 0.303 e. The number of rotatable bonds is 7. The molecular formula is C24H30FN3O4. The SMILES string of the molecule is O=C(O)CCC(=O)Nc1cn(C2CCCC2)c2cc(NC3CCCCC3)c(F)cc2c1=O. The van der Waals surface area contributed by atoms with Gasteiger partial charge >= 0.3 is 5.97 Å². The third-order valence-corrected chi connectivity index (χ3v) is 6.64. The van der Waals surface area contributed by atoms with E-state index in [1.54, 1.807) is 12.3 Å². The Bertz CT molecular complexity index is 1070. The van der Waals surface area contributed by atoms with Crippen molar-refractivity contribution in [3.05, 3.63) is 34.4 Å². The number of carboxylic acids is 1. The molecule has 1 amide bonds. The average Bonchev–Trinajstić information content (AvgIpc) is 3.31. The predicted molar refractivity (Wildman–Crippen MR) is 122 cm³/mol. The van der Waals surface area contributed by atoms with Gasteiger partial charge in [-0.2, -0.15) is 0 Å². The zero-order valence-corrected chi connectivity index (χ0v) is 18.2. The molecule has 2 fully saturated rings. The van der Waals surface area contributed by atoms with Crippen molar-refractivity contribution >= 4 is 34.2 Å². The third kappa shape index (κ3) is 4.95. The molecule has 0 saturated heterocycles. The summed E-state index contributed by atoms with van der Waals surface area (Å²) in [6, 6.07) is 3.40. The van der Waals surface area contributed by atoms with E-state index < -0.39 is 23.1 Å². The van der Waals surface area contributed by atoms with Crippen LogP contribution in [0.25, 0.3) is 10.9 Å². The Morgan fingerprint density at radius 1 is 1.00 bits per heavy atom. The summed E-state index contributed by atoms with van der Waals surface area (Å²) in [6.07, 6.45) is 10.6. The first-order valence-corrected chi connectivity index (χ1v) is 11.6. The number of anilines is 2. The molecule has 7 nitrogen and oxygen atoms in total. The Morgan fingerprint density at radius 3 is 2.38 bits per heavy atom. The monoisotopic (exact) mass is 443 g/mol. The highest BCUT2D eigenvalue weighted by molar-refractivity contribution is 5.95. The van der Waals surface area contributed by atoms with Gasteiger partial charge in [0.1, 0.15) is 11.5 Å². The first-order valence-electron chi connectivity index (χ1n) is 11.6. The minimum Gasteiger partial charge on any atom is -0.481 e. The van der Waals surface area contributed by atoms with E-state index in [1.807, 2.05) is 4.57 Å². The highest BCUT2D eigenvalue weighted by Gasteiger charge is 2.23. The van der Waals surface area contributed by atoms with Crippen molar-refractivity contribution in [1.82, 2.24) is 4.57 Å². The summed E-state index contributed by atoms with van der Waals surface area (Å²) >= 11 is 0. The van der Waals surface area contributed by atoms with Crippen LogP contribution in [0.5, 0.6) is 0 Å². The van der Waals surface area contributed by atoms with E-state index >= 15 is 4.39 Å². The Kier molecular flexibility index (Phi) is 6.77. The van der Waals surface area contributed by atoms with E-state index in [9.17, 15) is 14.4 Å². The van der Waals surface area contributed by atoms with Gasteiger partial charge in [-0.25, -0.2) is 4.39 Å². The van der Waals surface area contributed by atoms with Gasteiger partial charge in [0.15, 0.2) is 0 Å². The number of amides is 1. The molecule has 0 radical (unpaired) electrons. The Balaban J connectivity index is 1.72. The number of pyridine rings is 1. The molecule has 0 spiro atoms. The van der Waals surface area contributed by atoms with Crippen molar-refractivity contribution in [2.45, 2.75) is 82.7 Å². The molecule has 172 valence electrons. The normalized spacial score (nSPS) is 17.5. The van der Waals surface area contributed by atoms with E-state index in [0.717, 1.165) is 51.4 Å². The van der Waals surface area contributed by atoms with Crippen molar-refractivity contribution in [3.8, 4) is 0 Å². The maximum Gasteiger partial charge on any atom is 0.303 e. The van der Waals surface area contributed by atoms with Gasteiger partial charge in [-0.15, -0.1) is 0 Å². The summed E-state index contributed by atoms with van der Waals surface area (Å²) in [5.74, 6) is -2.10. The van der Waals surface area contributed by atoms with Crippen LogP contribution >= 0.6 is 0 Å². The fourth-order valence-corrected chi connectivity index (χ4v) is 4.95. The molecule has 1 aromatic carbocycles. The second kappa shape index (κ2) is 9.71. The van der Waals surface area contributed by atoms with Gasteiger partial charge in [-0.3, -0.25) is 14.4 Å². The standard InChI is InChI=1S/C24H30FN3O4/c25-18-12-17-21(13-19(18)26-15-6-2-1-3-7-15)28(16-8-4-5-9-16)14-20(24(17)32)27-22(29)10-11-23(30)31/h12-16,26H,1-11H2,(H,27,29)(H,30,31). The molecule has 3 N–H and O–H groups in total. The molecule has 2 saturated carbocycles. The number of halogens is 1. The molecule has 1 heterocycles. The molecular weight excluding hydrogens is 413 g/mol. The molecule has 0 aliphatic heterocycles. The summed E-state index contributed by atoms with van der Waals surface area (Å²) in [4.78, 5) is 36.0.